The average Bonchev–Trinajstić information content (AvgIpc) is 2.86. The second-order valence-electron chi connectivity index (χ2n) is 5.14. The van der Waals surface area contributed by atoms with Crippen LogP contribution in [0.2, 0.25) is 0 Å². The summed E-state index contributed by atoms with van der Waals surface area (Å²) >= 11 is 0. The Bertz CT molecular complexity index is 501. The van der Waals surface area contributed by atoms with E-state index >= 15 is 0 Å². The van der Waals surface area contributed by atoms with E-state index in [0.717, 1.165) is 17.9 Å². The lowest BCUT2D eigenvalue weighted by atomic mass is 10.2. The van der Waals surface area contributed by atoms with Gasteiger partial charge in [0.05, 0.1) is 0 Å². The zero-order valence-electron chi connectivity index (χ0n) is 12.5. The van der Waals surface area contributed by atoms with E-state index in [2.05, 4.69) is 16.0 Å². The van der Waals surface area contributed by atoms with Crippen LogP contribution in [-0.2, 0) is 4.79 Å². The van der Waals surface area contributed by atoms with Crippen molar-refractivity contribution in [3.63, 3.8) is 0 Å². The number of anilines is 2. The highest BCUT2D eigenvalue weighted by molar-refractivity contribution is 5.95. The molecule has 114 valence electrons. The molecule has 1 fully saturated rings. The molecule has 1 aliphatic rings. The summed E-state index contributed by atoms with van der Waals surface area (Å²) in [6, 6.07) is 7.39. The van der Waals surface area contributed by atoms with Crippen molar-refractivity contribution in [2.24, 2.45) is 0 Å². The van der Waals surface area contributed by atoms with Crippen LogP contribution in [0.4, 0.5) is 16.2 Å². The third kappa shape index (κ3) is 4.19. The molecule has 1 atom stereocenters. The normalized spacial score (nSPS) is 15.7. The van der Waals surface area contributed by atoms with Gasteiger partial charge >= 0.3 is 6.03 Å². The quantitative estimate of drug-likeness (QED) is 0.744. The molecule has 0 spiro atoms. The lowest BCUT2D eigenvalue weighted by molar-refractivity contribution is -0.116. The Morgan fingerprint density at radius 3 is 2.67 bits per heavy atom. The fraction of sp³-hybridized carbons (Fsp3) is 0.467. The first kappa shape index (κ1) is 15.3. The van der Waals surface area contributed by atoms with E-state index in [1.54, 1.807) is 4.90 Å². The molecule has 21 heavy (non-hydrogen) atoms. The van der Waals surface area contributed by atoms with Gasteiger partial charge in [-0.05, 0) is 37.7 Å². The maximum Gasteiger partial charge on any atom is 0.321 e. The van der Waals surface area contributed by atoms with Crippen molar-refractivity contribution < 1.29 is 9.59 Å². The molecule has 0 saturated carbocycles. The molecule has 1 aliphatic heterocycles. The molecule has 0 aromatic heterocycles. The Hall–Kier alpha value is -2.08. The fourth-order valence-electron chi connectivity index (χ4n) is 2.35. The molecular formula is C15H22N4O2. The third-order valence-corrected chi connectivity index (χ3v) is 3.36. The van der Waals surface area contributed by atoms with Gasteiger partial charge in [0.25, 0.3) is 0 Å². The summed E-state index contributed by atoms with van der Waals surface area (Å²) in [5.74, 6) is -0.0184. The Kier molecular flexibility index (Phi) is 5.16. The summed E-state index contributed by atoms with van der Waals surface area (Å²) in [7, 11) is 0. The Balaban J connectivity index is 1.90. The largest absolute Gasteiger partial charge is 0.336 e. The zero-order chi connectivity index (χ0) is 15.2. The topological polar surface area (TPSA) is 73.5 Å². The molecule has 1 saturated heterocycles. The van der Waals surface area contributed by atoms with Crippen molar-refractivity contribution in [2.75, 3.05) is 29.9 Å². The smallest absolute Gasteiger partial charge is 0.321 e. The number of benzene rings is 1. The maximum absolute atomic E-state index is 11.9. The van der Waals surface area contributed by atoms with E-state index in [1.807, 2.05) is 38.1 Å². The first-order chi connectivity index (χ1) is 10.1. The number of amides is 3. The molecule has 6 heteroatoms. The van der Waals surface area contributed by atoms with Crippen LogP contribution in [-0.4, -0.2) is 37.6 Å². The second-order valence-corrected chi connectivity index (χ2v) is 5.14. The summed E-state index contributed by atoms with van der Waals surface area (Å²) in [5, 5.41) is 8.82. The predicted molar refractivity (Wildman–Crippen MR) is 83.6 cm³/mol. The minimum Gasteiger partial charge on any atom is -0.336 e. The summed E-state index contributed by atoms with van der Waals surface area (Å²) < 4.78 is 0. The number of carbonyl (C=O) groups excluding carboxylic acids is 2. The van der Waals surface area contributed by atoms with Gasteiger partial charge in [-0.2, -0.15) is 0 Å². The summed E-state index contributed by atoms with van der Waals surface area (Å²) in [6.45, 7) is 6.19. The number of hydrogen-bond acceptors (Lipinski definition) is 3. The van der Waals surface area contributed by atoms with Crippen molar-refractivity contribution in [2.45, 2.75) is 26.3 Å². The van der Waals surface area contributed by atoms with Gasteiger partial charge in [0.2, 0.25) is 5.91 Å². The molecule has 0 bridgehead atoms. The Morgan fingerprint density at radius 2 is 2.10 bits per heavy atom. The summed E-state index contributed by atoms with van der Waals surface area (Å²) in [4.78, 5) is 25.1. The highest BCUT2D eigenvalue weighted by atomic mass is 16.2. The molecule has 1 aromatic rings. The van der Waals surface area contributed by atoms with Crippen LogP contribution in [0, 0.1) is 0 Å². The van der Waals surface area contributed by atoms with Crippen LogP contribution in [0.1, 0.15) is 20.3 Å². The van der Waals surface area contributed by atoms with Gasteiger partial charge < -0.3 is 16.0 Å². The van der Waals surface area contributed by atoms with Crippen molar-refractivity contribution in [1.29, 1.82) is 0 Å². The van der Waals surface area contributed by atoms with E-state index in [4.69, 9.17) is 0 Å². The lowest BCUT2D eigenvalue weighted by Gasteiger charge is -2.15. The molecule has 1 unspecified atom stereocenters. The predicted octanol–water partition coefficient (Wildman–Crippen LogP) is 1.54. The summed E-state index contributed by atoms with van der Waals surface area (Å²) in [5.41, 5.74) is 1.58. The molecule has 1 aromatic carbocycles. The van der Waals surface area contributed by atoms with E-state index < -0.39 is 0 Å². The average molecular weight is 290 g/mol. The standard InChI is InChI=1S/C15H22N4O2/c1-3-16-11(2)10-14(20)18-12-4-6-13(7-5-12)19-9-8-17-15(19)21/h4-7,11,16H,3,8-10H2,1-2H3,(H,17,21)(H,18,20). The van der Waals surface area contributed by atoms with Crippen LogP contribution in [0.15, 0.2) is 24.3 Å². The molecular weight excluding hydrogens is 268 g/mol. The number of nitrogens with zero attached hydrogens (tertiary/aromatic N) is 1. The Morgan fingerprint density at radius 1 is 1.38 bits per heavy atom. The third-order valence-electron chi connectivity index (χ3n) is 3.36. The first-order valence-corrected chi connectivity index (χ1v) is 7.29. The van der Waals surface area contributed by atoms with Crippen molar-refractivity contribution in [3.05, 3.63) is 24.3 Å². The van der Waals surface area contributed by atoms with Gasteiger partial charge in [-0.15, -0.1) is 0 Å². The molecule has 3 amide bonds. The van der Waals surface area contributed by atoms with Crippen LogP contribution < -0.4 is 20.9 Å². The highest BCUT2D eigenvalue weighted by Gasteiger charge is 2.20. The molecule has 0 aliphatic carbocycles. The van der Waals surface area contributed by atoms with Gasteiger partial charge in [0.1, 0.15) is 0 Å². The number of urea groups is 1. The van der Waals surface area contributed by atoms with E-state index in [-0.39, 0.29) is 18.0 Å². The molecule has 0 radical (unpaired) electrons. The Labute approximate surface area is 124 Å². The second kappa shape index (κ2) is 7.08. The SMILES string of the molecule is CCNC(C)CC(=O)Nc1ccc(N2CCNC2=O)cc1. The molecule has 6 nitrogen and oxygen atoms in total. The zero-order valence-corrected chi connectivity index (χ0v) is 12.5. The van der Waals surface area contributed by atoms with Crippen molar-refractivity contribution in [1.82, 2.24) is 10.6 Å². The van der Waals surface area contributed by atoms with Crippen LogP contribution in [0.3, 0.4) is 0 Å². The highest BCUT2D eigenvalue weighted by Crippen LogP contribution is 2.19. The fourth-order valence-corrected chi connectivity index (χ4v) is 2.35. The van der Waals surface area contributed by atoms with Crippen LogP contribution >= 0.6 is 0 Å². The summed E-state index contributed by atoms with van der Waals surface area (Å²) in [6.07, 6.45) is 0.435. The van der Waals surface area contributed by atoms with Crippen molar-refractivity contribution >= 4 is 23.3 Å². The van der Waals surface area contributed by atoms with Gasteiger partial charge in [0, 0.05) is 36.9 Å². The number of rotatable bonds is 6. The van der Waals surface area contributed by atoms with E-state index in [1.165, 1.54) is 0 Å². The van der Waals surface area contributed by atoms with Crippen LogP contribution in [0.25, 0.3) is 0 Å². The van der Waals surface area contributed by atoms with Crippen molar-refractivity contribution in [3.8, 4) is 0 Å². The number of carbonyl (C=O) groups is 2. The number of hydrogen-bond donors (Lipinski definition) is 3. The van der Waals surface area contributed by atoms with Gasteiger partial charge in [-0.1, -0.05) is 6.92 Å². The maximum atomic E-state index is 11.9. The van der Waals surface area contributed by atoms with E-state index in [9.17, 15) is 9.59 Å². The molecule has 3 N–H and O–H groups in total. The van der Waals surface area contributed by atoms with Gasteiger partial charge in [-0.25, -0.2) is 4.79 Å². The minimum absolute atomic E-state index is 0.0184. The monoisotopic (exact) mass is 290 g/mol. The van der Waals surface area contributed by atoms with Gasteiger partial charge in [-0.3, -0.25) is 9.69 Å². The number of nitrogens with one attached hydrogen (secondary N) is 3. The first-order valence-electron chi connectivity index (χ1n) is 7.29. The molecule has 1 heterocycles. The van der Waals surface area contributed by atoms with Gasteiger partial charge in [0.15, 0.2) is 0 Å². The van der Waals surface area contributed by atoms with E-state index in [0.29, 0.717) is 19.5 Å². The lowest BCUT2D eigenvalue weighted by Crippen LogP contribution is -2.30. The minimum atomic E-state index is -0.0775. The molecule has 2 rings (SSSR count). The van der Waals surface area contributed by atoms with Crippen LogP contribution in [0.5, 0.6) is 0 Å².